The molecule has 0 bridgehead atoms. The third-order valence-electron chi connectivity index (χ3n) is 14.8. The minimum Gasteiger partial charge on any atom is -0.477 e. The smallest absolute Gasteiger partial charge is 0.352 e. The summed E-state index contributed by atoms with van der Waals surface area (Å²) in [5, 5.41) is 49.2. The predicted molar refractivity (Wildman–Crippen MR) is 371 cm³/mol. The fraction of sp³-hybridized carbons (Fsp3) is 0.0588. The van der Waals surface area contributed by atoms with E-state index < -0.39 is 123 Å². The Hall–Kier alpha value is -10.9. The highest BCUT2D eigenvalue weighted by Crippen LogP contribution is 2.34. The molecule has 0 unspecified atom stereocenters. The summed E-state index contributed by atoms with van der Waals surface area (Å²) in [4.78, 5) is 105. The van der Waals surface area contributed by atoms with Gasteiger partial charge in [0.15, 0.2) is 34.9 Å². The first-order valence-corrected chi connectivity index (χ1v) is 31.5. The zero-order chi connectivity index (χ0) is 75.2. The van der Waals surface area contributed by atoms with Gasteiger partial charge in [0, 0.05) is 82.6 Å². The fourth-order valence-corrected chi connectivity index (χ4v) is 11.4. The second-order valence-electron chi connectivity index (χ2n) is 21.6. The molecule has 0 spiro atoms. The number of hydrogen-bond acceptors (Lipinski definition) is 8. The van der Waals surface area contributed by atoms with Crippen molar-refractivity contribution in [3.63, 3.8) is 0 Å². The lowest BCUT2D eigenvalue weighted by Gasteiger charge is -2.07. The summed E-state index contributed by atoms with van der Waals surface area (Å²) >= 11 is 40.6. The minimum absolute atomic E-state index is 0.0143. The van der Waals surface area contributed by atoms with Gasteiger partial charge in [0.1, 0.15) is 34.4 Å². The Bertz CT molecular complexity index is 5310. The molecular formula is C68H41Cl7F8N8O12. The van der Waals surface area contributed by atoms with E-state index in [2.05, 4.69) is 41.2 Å². The van der Waals surface area contributed by atoms with E-state index in [1.165, 1.54) is 42.5 Å². The summed E-state index contributed by atoms with van der Waals surface area (Å²) in [5.41, 5.74) is 0.493. The van der Waals surface area contributed by atoms with Gasteiger partial charge in [0.25, 0.3) is 0 Å². The number of anilines is 4. The average Bonchev–Trinajstić information content (AvgIpc) is 1.64. The third-order valence-corrected chi connectivity index (χ3v) is 17.1. The summed E-state index contributed by atoms with van der Waals surface area (Å²) in [6.07, 6.45) is -1.41. The number of benzene rings is 8. The van der Waals surface area contributed by atoms with Gasteiger partial charge in [0.2, 0.25) is 23.6 Å². The topological polar surface area (TPSA) is 329 Å². The average molecular weight is 1560 g/mol. The molecule has 0 aliphatic heterocycles. The largest absolute Gasteiger partial charge is 0.477 e. The number of amides is 4. The van der Waals surface area contributed by atoms with Crippen molar-refractivity contribution in [1.29, 1.82) is 0 Å². The van der Waals surface area contributed by atoms with Crippen LogP contribution in [0.25, 0.3) is 43.6 Å². The number of carbonyl (C=O) groups excluding carboxylic acids is 4. The number of nitrogens with one attached hydrogen (secondary N) is 8. The van der Waals surface area contributed by atoms with Gasteiger partial charge < -0.3 is 61.6 Å². The van der Waals surface area contributed by atoms with Crippen LogP contribution in [-0.4, -0.2) is 87.9 Å². The lowest BCUT2D eigenvalue weighted by Crippen LogP contribution is -2.16. The summed E-state index contributed by atoms with van der Waals surface area (Å²) in [6, 6.07) is 29.4. The van der Waals surface area contributed by atoms with E-state index in [1.807, 2.05) is 0 Å². The zero-order valence-electron chi connectivity index (χ0n) is 51.2. The molecule has 103 heavy (non-hydrogen) atoms. The number of aromatic amines is 4. The number of carbonyl (C=O) groups is 8. The Balaban J connectivity index is 0.000000160. The van der Waals surface area contributed by atoms with Crippen LogP contribution in [0.5, 0.6) is 0 Å². The number of aromatic nitrogens is 4. The number of halogens is 15. The van der Waals surface area contributed by atoms with Crippen molar-refractivity contribution >= 4 is 195 Å². The third kappa shape index (κ3) is 17.9. The van der Waals surface area contributed by atoms with Crippen molar-refractivity contribution in [2.75, 3.05) is 21.3 Å². The molecule has 0 saturated heterocycles. The first kappa shape index (κ1) is 76.3. The van der Waals surface area contributed by atoms with Crippen LogP contribution < -0.4 is 21.3 Å². The lowest BCUT2D eigenvalue weighted by atomic mass is 10.1. The lowest BCUT2D eigenvalue weighted by molar-refractivity contribution is -0.116. The highest BCUT2D eigenvalue weighted by Gasteiger charge is 2.28. The quantitative estimate of drug-likeness (QED) is 0.0317. The van der Waals surface area contributed by atoms with Crippen LogP contribution in [0.1, 0.15) is 64.2 Å². The van der Waals surface area contributed by atoms with Gasteiger partial charge in [-0.05, 0) is 109 Å². The van der Waals surface area contributed by atoms with Crippen molar-refractivity contribution in [3.05, 3.63) is 254 Å². The van der Waals surface area contributed by atoms with Crippen molar-refractivity contribution < 1.29 is 93.9 Å². The van der Waals surface area contributed by atoms with Crippen molar-refractivity contribution in [2.45, 2.75) is 25.7 Å². The van der Waals surface area contributed by atoms with Crippen LogP contribution in [0.15, 0.2) is 127 Å². The maximum Gasteiger partial charge on any atom is 0.352 e. The maximum absolute atomic E-state index is 13.9. The molecule has 12 rings (SSSR count). The molecule has 0 fully saturated rings. The highest BCUT2D eigenvalue weighted by atomic mass is 35.5. The van der Waals surface area contributed by atoms with Crippen LogP contribution >= 0.6 is 81.2 Å². The van der Waals surface area contributed by atoms with Crippen LogP contribution in [0, 0.1) is 46.5 Å². The molecule has 8 aromatic carbocycles. The molecule has 0 atom stereocenters. The van der Waals surface area contributed by atoms with Crippen molar-refractivity contribution in [3.8, 4) is 0 Å². The Labute approximate surface area is 606 Å². The van der Waals surface area contributed by atoms with Crippen LogP contribution in [-0.2, 0) is 44.9 Å². The minimum atomic E-state index is -1.77. The van der Waals surface area contributed by atoms with Gasteiger partial charge >= 0.3 is 23.9 Å². The predicted octanol–water partition coefficient (Wildman–Crippen LogP) is 17.9. The summed E-state index contributed by atoms with van der Waals surface area (Å²) in [6.45, 7) is 0. The molecule has 0 radical (unpaired) electrons. The van der Waals surface area contributed by atoms with E-state index in [1.54, 1.807) is 54.6 Å². The second kappa shape index (κ2) is 32.4. The fourth-order valence-electron chi connectivity index (χ4n) is 10.2. The molecule has 4 heterocycles. The Kier molecular flexibility index (Phi) is 24.0. The van der Waals surface area contributed by atoms with E-state index in [4.69, 9.17) is 81.2 Å². The molecule has 0 aliphatic carbocycles. The second-order valence-corrected chi connectivity index (χ2v) is 24.5. The van der Waals surface area contributed by atoms with E-state index >= 15 is 0 Å². The Morgan fingerprint density at radius 2 is 0.631 bits per heavy atom. The van der Waals surface area contributed by atoms with Gasteiger partial charge in [-0.25, -0.2) is 54.3 Å². The zero-order valence-corrected chi connectivity index (χ0v) is 56.5. The Morgan fingerprint density at radius 1 is 0.311 bits per heavy atom. The molecule has 12 aromatic rings. The van der Waals surface area contributed by atoms with Gasteiger partial charge in [-0.1, -0.05) is 99.4 Å². The summed E-state index contributed by atoms with van der Waals surface area (Å²) in [5.74, 6) is -18.6. The van der Waals surface area contributed by atoms with Gasteiger partial charge in [-0.3, -0.25) is 19.2 Å². The van der Waals surface area contributed by atoms with E-state index in [0.29, 0.717) is 71.5 Å². The van der Waals surface area contributed by atoms with Crippen molar-refractivity contribution in [1.82, 2.24) is 19.9 Å². The number of aromatic carboxylic acids is 4. The molecule has 0 saturated carbocycles. The molecule has 12 N–H and O–H groups in total. The molecular weight excluding hydrogens is 1520 g/mol. The van der Waals surface area contributed by atoms with E-state index in [-0.39, 0.29) is 83.5 Å². The van der Waals surface area contributed by atoms with Crippen molar-refractivity contribution in [2.24, 2.45) is 0 Å². The first-order valence-electron chi connectivity index (χ1n) is 28.9. The number of fused-ring (bicyclic) bond motifs is 4. The molecule has 530 valence electrons. The molecule has 35 heteroatoms. The molecule has 4 aromatic heterocycles. The van der Waals surface area contributed by atoms with Gasteiger partial charge in [0.05, 0.1) is 66.9 Å². The highest BCUT2D eigenvalue weighted by molar-refractivity contribution is 6.43. The standard InChI is InChI=1S/C17H9Cl2F3N2O3.C17H11Cl2FN2O3.C17H12Cl2N2O3.C17H9ClF4N2O3/c18-9-2-1-6(3-10(9)19)23-12(25)5-8-7-4-11(20)13(21)14(22)15(7)24-16(8)17(26)27;18-8-1-4-14-10(5-8)11(16(22-14)17(24)25)7-15(23)21-9-2-3-13(20)12(19)6-9;18-12-6-5-9(7-13(12)19)20-15(22)8-11-10-3-1-2-4-14(10)21-16(11)17(23)24;18-9-3-6(1-2-10(9)19)23-12(25)5-8-7-4-11(20)13(21)14(22)15(7)24-16(8)17(26)27/h1-4,24H,5H2,(H,23,25)(H,26,27);1-6,22H,7H2,(H,21,23)(H,24,25);1-7,21H,8H2,(H,20,22)(H,23,24);1-4,24H,5H2,(H,23,25)(H,26,27). The van der Waals surface area contributed by atoms with Crippen LogP contribution in [0.3, 0.4) is 0 Å². The first-order chi connectivity index (χ1) is 48.7. The molecule has 20 nitrogen and oxygen atoms in total. The SMILES string of the molecule is O=C(Cc1c(C(=O)O)[nH]c2c(F)c(F)c(F)cc12)Nc1ccc(Cl)c(Cl)c1.O=C(Cc1c(C(=O)O)[nH]c2c(F)c(F)c(F)cc12)Nc1ccc(F)c(Cl)c1.O=C(Cc1c(C(=O)O)[nH]c2ccc(Cl)cc12)Nc1ccc(F)c(Cl)c1.O=C(Cc1c(C(=O)O)[nH]c2ccccc12)Nc1ccc(Cl)c(Cl)c1. The monoisotopic (exact) mass is 1560 g/mol. The summed E-state index contributed by atoms with van der Waals surface area (Å²) in [7, 11) is 0. The van der Waals surface area contributed by atoms with Crippen LogP contribution in [0.4, 0.5) is 57.9 Å². The normalized spacial score (nSPS) is 10.9. The van der Waals surface area contributed by atoms with Gasteiger partial charge in [-0.2, -0.15) is 0 Å². The van der Waals surface area contributed by atoms with Gasteiger partial charge in [-0.15, -0.1) is 0 Å². The number of hydrogen-bond donors (Lipinski definition) is 12. The van der Waals surface area contributed by atoms with E-state index in [9.17, 15) is 93.9 Å². The number of para-hydroxylation sites is 1. The number of carboxylic acid groups (broad SMARTS) is 4. The van der Waals surface area contributed by atoms with Crippen LogP contribution in [0.2, 0.25) is 35.2 Å². The summed E-state index contributed by atoms with van der Waals surface area (Å²) < 4.78 is 108. The number of carboxylic acids is 4. The molecule has 4 amide bonds. The van der Waals surface area contributed by atoms with E-state index in [0.717, 1.165) is 18.2 Å². The number of rotatable bonds is 16. The molecule has 0 aliphatic rings. The number of H-pyrrole nitrogens is 4. The Morgan fingerprint density at radius 3 is 0.990 bits per heavy atom. The maximum atomic E-state index is 13.9.